The third-order valence-corrected chi connectivity index (χ3v) is 4.45. The maximum Gasteiger partial charge on any atom is 0.277 e. The van der Waals surface area contributed by atoms with Crippen molar-refractivity contribution in [3.63, 3.8) is 0 Å². The van der Waals surface area contributed by atoms with Gasteiger partial charge in [0.25, 0.3) is 5.91 Å². The van der Waals surface area contributed by atoms with Crippen LogP contribution in [0.4, 0.5) is 0 Å². The number of carbonyl (C=O) groups is 1. The van der Waals surface area contributed by atoms with E-state index < -0.39 is 0 Å². The molecule has 0 heterocycles. The molecule has 2 aromatic rings. The minimum absolute atomic E-state index is 0.0989. The van der Waals surface area contributed by atoms with E-state index in [0.29, 0.717) is 5.75 Å². The van der Waals surface area contributed by atoms with Gasteiger partial charge in [-0.05, 0) is 69.9 Å². The van der Waals surface area contributed by atoms with E-state index in [2.05, 4.69) is 42.4 Å². The van der Waals surface area contributed by atoms with Crippen LogP contribution >= 0.6 is 31.9 Å². The zero-order chi connectivity index (χ0) is 18.2. The molecule has 0 saturated heterocycles. The second-order valence-electron chi connectivity index (χ2n) is 5.08. The number of amides is 1. The number of benzene rings is 2. The Morgan fingerprint density at radius 1 is 1.20 bits per heavy atom. The van der Waals surface area contributed by atoms with Crippen molar-refractivity contribution in [3.8, 4) is 11.5 Å². The molecular weight excluding hydrogens is 452 g/mol. The van der Waals surface area contributed by atoms with E-state index in [1.165, 1.54) is 0 Å². The molecule has 0 aliphatic rings. The summed E-state index contributed by atoms with van der Waals surface area (Å²) in [6.45, 7) is 1.93. The first-order valence-electron chi connectivity index (χ1n) is 7.60. The summed E-state index contributed by atoms with van der Waals surface area (Å²) in [5.74, 6) is 1.11. The van der Waals surface area contributed by atoms with Gasteiger partial charge in [0.1, 0.15) is 11.5 Å². The zero-order valence-electron chi connectivity index (χ0n) is 13.9. The molecule has 2 rings (SSSR count). The molecule has 7 heteroatoms. The molecule has 0 unspecified atom stereocenters. The van der Waals surface area contributed by atoms with Crippen LogP contribution in [-0.2, 0) is 11.2 Å². The highest BCUT2D eigenvalue weighted by molar-refractivity contribution is 9.10. The molecule has 0 fully saturated rings. The van der Waals surface area contributed by atoms with E-state index in [1.807, 2.05) is 43.3 Å². The standard InChI is InChI=1S/C18H18Br2N2O3/c1-3-13-9-14(19)5-7-16(13)25-11-18(23)22-21-10-12-4-6-17(24-2)15(20)8-12/h4-10H,3,11H2,1-2H3,(H,22,23)/b21-10+. The van der Waals surface area contributed by atoms with E-state index in [9.17, 15) is 4.79 Å². The van der Waals surface area contributed by atoms with Crippen LogP contribution in [0.5, 0.6) is 11.5 Å². The fraction of sp³-hybridized carbons (Fsp3) is 0.222. The number of methoxy groups -OCH3 is 1. The normalized spacial score (nSPS) is 10.7. The van der Waals surface area contributed by atoms with Gasteiger partial charge in [0, 0.05) is 4.47 Å². The van der Waals surface area contributed by atoms with Crippen molar-refractivity contribution in [3.05, 3.63) is 56.5 Å². The van der Waals surface area contributed by atoms with Gasteiger partial charge in [0.2, 0.25) is 0 Å². The SMILES string of the molecule is CCc1cc(Br)ccc1OCC(=O)N/N=C/c1ccc(OC)c(Br)c1. The quantitative estimate of drug-likeness (QED) is 0.485. The van der Waals surface area contributed by atoms with Crippen LogP contribution in [0.2, 0.25) is 0 Å². The summed E-state index contributed by atoms with van der Waals surface area (Å²) in [7, 11) is 1.60. The molecule has 5 nitrogen and oxygen atoms in total. The predicted molar refractivity (Wildman–Crippen MR) is 105 cm³/mol. The van der Waals surface area contributed by atoms with Crippen LogP contribution in [0.1, 0.15) is 18.1 Å². The first kappa shape index (κ1) is 19.5. The minimum Gasteiger partial charge on any atom is -0.496 e. The summed E-state index contributed by atoms with van der Waals surface area (Å²) < 4.78 is 12.5. The van der Waals surface area contributed by atoms with Gasteiger partial charge in [-0.2, -0.15) is 5.10 Å². The van der Waals surface area contributed by atoms with Crippen LogP contribution < -0.4 is 14.9 Å². The Bertz CT molecular complexity index is 779. The van der Waals surface area contributed by atoms with Gasteiger partial charge in [0.05, 0.1) is 17.8 Å². The van der Waals surface area contributed by atoms with Crippen molar-refractivity contribution in [2.24, 2.45) is 5.10 Å². The summed E-state index contributed by atoms with van der Waals surface area (Å²) in [5.41, 5.74) is 4.31. The molecule has 0 bridgehead atoms. The van der Waals surface area contributed by atoms with Crippen LogP contribution in [0.25, 0.3) is 0 Å². The average molecular weight is 470 g/mol. The van der Waals surface area contributed by atoms with Crippen LogP contribution in [0.15, 0.2) is 50.4 Å². The number of nitrogens with zero attached hydrogens (tertiary/aromatic N) is 1. The van der Waals surface area contributed by atoms with Crippen molar-refractivity contribution in [2.45, 2.75) is 13.3 Å². The summed E-state index contributed by atoms with van der Waals surface area (Å²) in [6, 6.07) is 11.2. The summed E-state index contributed by atoms with van der Waals surface area (Å²) in [4.78, 5) is 11.9. The first-order valence-corrected chi connectivity index (χ1v) is 9.18. The maximum absolute atomic E-state index is 11.9. The number of ether oxygens (including phenoxy) is 2. The van der Waals surface area contributed by atoms with E-state index in [1.54, 1.807) is 13.3 Å². The largest absolute Gasteiger partial charge is 0.496 e. The molecule has 0 aromatic heterocycles. The predicted octanol–water partition coefficient (Wildman–Crippen LogP) is 4.31. The van der Waals surface area contributed by atoms with Crippen molar-refractivity contribution < 1.29 is 14.3 Å². The number of aryl methyl sites for hydroxylation is 1. The van der Waals surface area contributed by atoms with E-state index >= 15 is 0 Å². The molecule has 0 saturated carbocycles. The summed E-state index contributed by atoms with van der Waals surface area (Å²) in [6.07, 6.45) is 2.38. The molecule has 0 aliphatic heterocycles. The summed E-state index contributed by atoms with van der Waals surface area (Å²) >= 11 is 6.82. The van der Waals surface area contributed by atoms with Gasteiger partial charge in [-0.3, -0.25) is 4.79 Å². The second-order valence-corrected chi connectivity index (χ2v) is 6.85. The molecular formula is C18H18Br2N2O3. The van der Waals surface area contributed by atoms with Gasteiger partial charge in [-0.25, -0.2) is 5.43 Å². The van der Waals surface area contributed by atoms with Crippen LogP contribution in [0.3, 0.4) is 0 Å². The molecule has 132 valence electrons. The highest BCUT2D eigenvalue weighted by Crippen LogP contribution is 2.25. The Kier molecular flexibility index (Phi) is 7.46. The monoisotopic (exact) mass is 468 g/mol. The number of nitrogens with one attached hydrogen (secondary N) is 1. The van der Waals surface area contributed by atoms with Crippen LogP contribution in [0, 0.1) is 0 Å². The minimum atomic E-state index is -0.325. The topological polar surface area (TPSA) is 59.9 Å². The molecule has 0 atom stereocenters. The lowest BCUT2D eigenvalue weighted by Gasteiger charge is -2.10. The Balaban J connectivity index is 1.87. The Hall–Kier alpha value is -1.86. The lowest BCUT2D eigenvalue weighted by molar-refractivity contribution is -0.123. The van der Waals surface area contributed by atoms with Gasteiger partial charge in [-0.15, -0.1) is 0 Å². The van der Waals surface area contributed by atoms with Crippen molar-refractivity contribution in [2.75, 3.05) is 13.7 Å². The van der Waals surface area contributed by atoms with E-state index in [0.717, 1.165) is 32.2 Å². The van der Waals surface area contributed by atoms with E-state index in [-0.39, 0.29) is 12.5 Å². The van der Waals surface area contributed by atoms with E-state index in [4.69, 9.17) is 9.47 Å². The number of hydrogen-bond donors (Lipinski definition) is 1. The third kappa shape index (κ3) is 5.86. The van der Waals surface area contributed by atoms with Crippen molar-refractivity contribution >= 4 is 44.0 Å². The fourth-order valence-corrected chi connectivity index (χ4v) is 3.05. The Morgan fingerprint density at radius 3 is 2.64 bits per heavy atom. The molecule has 1 N–H and O–H groups in total. The van der Waals surface area contributed by atoms with Crippen LogP contribution in [-0.4, -0.2) is 25.8 Å². The molecule has 0 aliphatic carbocycles. The smallest absolute Gasteiger partial charge is 0.277 e. The third-order valence-electron chi connectivity index (χ3n) is 3.34. The molecule has 1 amide bonds. The van der Waals surface area contributed by atoms with Gasteiger partial charge in [-0.1, -0.05) is 22.9 Å². The van der Waals surface area contributed by atoms with Gasteiger partial charge >= 0.3 is 0 Å². The van der Waals surface area contributed by atoms with Crippen molar-refractivity contribution in [1.82, 2.24) is 5.43 Å². The number of halogens is 2. The summed E-state index contributed by atoms with van der Waals surface area (Å²) in [5, 5.41) is 3.93. The fourth-order valence-electron chi connectivity index (χ4n) is 2.08. The lowest BCUT2D eigenvalue weighted by Crippen LogP contribution is -2.24. The molecule has 25 heavy (non-hydrogen) atoms. The lowest BCUT2D eigenvalue weighted by atomic mass is 10.1. The first-order chi connectivity index (χ1) is 12.0. The number of hydrogen-bond acceptors (Lipinski definition) is 4. The number of rotatable bonds is 7. The second kappa shape index (κ2) is 9.58. The molecule has 0 spiro atoms. The number of carbonyl (C=O) groups excluding carboxylic acids is 1. The highest BCUT2D eigenvalue weighted by Gasteiger charge is 2.06. The molecule has 2 aromatic carbocycles. The molecule has 0 radical (unpaired) electrons. The van der Waals surface area contributed by atoms with Gasteiger partial charge < -0.3 is 9.47 Å². The average Bonchev–Trinajstić information content (AvgIpc) is 2.60. The zero-order valence-corrected chi connectivity index (χ0v) is 17.1. The van der Waals surface area contributed by atoms with Gasteiger partial charge in [0.15, 0.2) is 6.61 Å². The number of hydrazone groups is 1. The highest BCUT2D eigenvalue weighted by atomic mass is 79.9. The maximum atomic E-state index is 11.9. The Labute approximate surface area is 163 Å². The Morgan fingerprint density at radius 2 is 1.96 bits per heavy atom. The van der Waals surface area contributed by atoms with Crippen molar-refractivity contribution in [1.29, 1.82) is 0 Å².